The lowest BCUT2D eigenvalue weighted by molar-refractivity contribution is 1.18. The number of pyridine rings is 3. The first-order valence-electron chi connectivity index (χ1n) is 17.0. The van der Waals surface area contributed by atoms with E-state index in [4.69, 9.17) is 19.9 Å². The Morgan fingerprint density at radius 3 is 1.73 bits per heavy atom. The molecule has 4 aromatic heterocycles. The van der Waals surface area contributed by atoms with Crippen molar-refractivity contribution < 1.29 is 0 Å². The van der Waals surface area contributed by atoms with E-state index in [9.17, 15) is 0 Å². The highest BCUT2D eigenvalue weighted by Gasteiger charge is 2.15. The van der Waals surface area contributed by atoms with E-state index >= 15 is 0 Å². The lowest BCUT2D eigenvalue weighted by Gasteiger charge is -2.13. The quantitative estimate of drug-likeness (QED) is 0.167. The molecule has 0 spiro atoms. The van der Waals surface area contributed by atoms with Gasteiger partial charge in [-0.05, 0) is 71.6 Å². The summed E-state index contributed by atoms with van der Waals surface area (Å²) in [5.41, 5.74) is 13.9. The summed E-state index contributed by atoms with van der Waals surface area (Å²) in [4.78, 5) is 24.6. The van der Waals surface area contributed by atoms with Crippen molar-refractivity contribution >= 4 is 21.8 Å². The molecule has 0 N–H and O–H groups in total. The Morgan fingerprint density at radius 2 is 1.00 bits per heavy atom. The summed E-state index contributed by atoms with van der Waals surface area (Å²) < 4.78 is 0. The number of aryl methyl sites for hydroxylation is 1. The van der Waals surface area contributed by atoms with Crippen LogP contribution in [0.3, 0.4) is 0 Å². The maximum Gasteiger partial charge on any atom is 0.160 e. The average molecular weight is 654 g/mol. The number of benzene rings is 5. The maximum absolute atomic E-state index is 5.13. The summed E-state index contributed by atoms with van der Waals surface area (Å²) in [7, 11) is 0. The zero-order chi connectivity index (χ0) is 34.1. The SMILES string of the molecule is Cc1cc(-c2cccc(-c3cccc(-c4nc(-c5ccccc5)cc(-c5cccnc5)n4)c3)c2)c2ccc3ccc(-c4ccccc4)nc3c2n1. The van der Waals surface area contributed by atoms with Gasteiger partial charge in [0.15, 0.2) is 5.82 Å². The smallest absolute Gasteiger partial charge is 0.160 e. The molecule has 9 aromatic rings. The summed E-state index contributed by atoms with van der Waals surface area (Å²) in [6.45, 7) is 2.06. The summed E-state index contributed by atoms with van der Waals surface area (Å²) in [5.74, 6) is 0.665. The second-order valence-corrected chi connectivity index (χ2v) is 12.6. The molecule has 0 aliphatic rings. The van der Waals surface area contributed by atoms with Crippen molar-refractivity contribution in [3.63, 3.8) is 0 Å². The van der Waals surface area contributed by atoms with E-state index in [2.05, 4.69) is 115 Å². The molecule has 240 valence electrons. The summed E-state index contributed by atoms with van der Waals surface area (Å²) in [5, 5.41) is 2.15. The Bertz CT molecular complexity index is 2630. The van der Waals surface area contributed by atoms with E-state index in [1.54, 1.807) is 6.20 Å². The van der Waals surface area contributed by atoms with Gasteiger partial charge in [0.05, 0.1) is 28.1 Å². The van der Waals surface area contributed by atoms with Gasteiger partial charge >= 0.3 is 0 Å². The van der Waals surface area contributed by atoms with Crippen LogP contribution in [0.1, 0.15) is 5.69 Å². The number of nitrogens with zero attached hydrogens (tertiary/aromatic N) is 5. The van der Waals surface area contributed by atoms with Gasteiger partial charge in [-0.1, -0.05) is 115 Å². The van der Waals surface area contributed by atoms with Crippen LogP contribution >= 0.6 is 0 Å². The number of fused-ring (bicyclic) bond motifs is 3. The molecule has 4 heterocycles. The molecule has 5 heteroatoms. The summed E-state index contributed by atoms with van der Waals surface area (Å²) >= 11 is 0. The molecule has 0 bridgehead atoms. The maximum atomic E-state index is 5.13. The van der Waals surface area contributed by atoms with Gasteiger partial charge in [-0.15, -0.1) is 0 Å². The molecule has 5 nitrogen and oxygen atoms in total. The van der Waals surface area contributed by atoms with Crippen molar-refractivity contribution in [1.29, 1.82) is 0 Å². The topological polar surface area (TPSA) is 64.5 Å². The minimum absolute atomic E-state index is 0.665. The molecule has 0 fully saturated rings. The minimum Gasteiger partial charge on any atom is -0.264 e. The summed E-state index contributed by atoms with van der Waals surface area (Å²) in [6, 6.07) is 54.4. The Balaban J connectivity index is 1.14. The van der Waals surface area contributed by atoms with Crippen LogP contribution in [0.2, 0.25) is 0 Å². The van der Waals surface area contributed by atoms with Crippen LogP contribution < -0.4 is 0 Å². The fourth-order valence-corrected chi connectivity index (χ4v) is 6.71. The predicted molar refractivity (Wildman–Crippen MR) is 208 cm³/mol. The molecular weight excluding hydrogens is 623 g/mol. The molecule has 0 unspecified atom stereocenters. The largest absolute Gasteiger partial charge is 0.264 e. The highest BCUT2D eigenvalue weighted by atomic mass is 14.9. The summed E-state index contributed by atoms with van der Waals surface area (Å²) in [6.07, 6.45) is 3.62. The average Bonchev–Trinajstić information content (AvgIpc) is 3.21. The predicted octanol–water partition coefficient (Wildman–Crippen LogP) is 11.3. The molecule has 0 saturated carbocycles. The van der Waals surface area contributed by atoms with Crippen LogP contribution in [0.5, 0.6) is 0 Å². The van der Waals surface area contributed by atoms with Crippen LogP contribution in [-0.4, -0.2) is 24.9 Å². The third kappa shape index (κ3) is 5.91. The first-order valence-corrected chi connectivity index (χ1v) is 17.0. The van der Waals surface area contributed by atoms with Crippen molar-refractivity contribution in [1.82, 2.24) is 24.9 Å². The fourth-order valence-electron chi connectivity index (χ4n) is 6.71. The van der Waals surface area contributed by atoms with Gasteiger partial charge in [-0.3, -0.25) is 9.97 Å². The van der Waals surface area contributed by atoms with Crippen molar-refractivity contribution in [3.8, 4) is 67.4 Å². The first-order chi connectivity index (χ1) is 25.2. The molecule has 0 aliphatic heterocycles. The van der Waals surface area contributed by atoms with Crippen LogP contribution in [0.4, 0.5) is 0 Å². The van der Waals surface area contributed by atoms with Crippen LogP contribution in [-0.2, 0) is 0 Å². The molecule has 0 amide bonds. The first kappa shape index (κ1) is 30.2. The molecule has 0 radical (unpaired) electrons. The molecule has 9 rings (SSSR count). The second-order valence-electron chi connectivity index (χ2n) is 12.6. The van der Waals surface area contributed by atoms with Crippen LogP contribution in [0, 0.1) is 6.92 Å². The van der Waals surface area contributed by atoms with E-state index in [-0.39, 0.29) is 0 Å². The fraction of sp³-hybridized carbons (Fsp3) is 0.0217. The van der Waals surface area contributed by atoms with Gasteiger partial charge < -0.3 is 0 Å². The Kier molecular flexibility index (Phi) is 7.63. The van der Waals surface area contributed by atoms with Gasteiger partial charge in [-0.2, -0.15) is 0 Å². The van der Waals surface area contributed by atoms with E-state index in [1.807, 2.05) is 60.8 Å². The Labute approximate surface area is 296 Å². The highest BCUT2D eigenvalue weighted by Crippen LogP contribution is 2.36. The number of aromatic nitrogens is 5. The van der Waals surface area contributed by atoms with Gasteiger partial charge in [0, 0.05) is 51.1 Å². The number of hydrogen-bond donors (Lipinski definition) is 0. The third-order valence-electron chi connectivity index (χ3n) is 9.22. The van der Waals surface area contributed by atoms with E-state index in [0.29, 0.717) is 5.82 Å². The van der Waals surface area contributed by atoms with E-state index in [1.165, 1.54) is 0 Å². The number of hydrogen-bond acceptors (Lipinski definition) is 5. The van der Waals surface area contributed by atoms with Gasteiger partial charge in [0.25, 0.3) is 0 Å². The molecule has 0 aliphatic carbocycles. The lowest BCUT2D eigenvalue weighted by atomic mass is 9.95. The zero-order valence-electron chi connectivity index (χ0n) is 27.9. The molecular formula is C46H31N5. The van der Waals surface area contributed by atoms with Crippen LogP contribution in [0.25, 0.3) is 89.2 Å². The molecule has 0 atom stereocenters. The van der Waals surface area contributed by atoms with Crippen molar-refractivity contribution in [2.45, 2.75) is 6.92 Å². The van der Waals surface area contributed by atoms with Crippen molar-refractivity contribution in [2.24, 2.45) is 0 Å². The highest BCUT2D eigenvalue weighted by molar-refractivity contribution is 6.09. The second kappa shape index (κ2) is 12.9. The molecule has 0 saturated heterocycles. The van der Waals surface area contributed by atoms with Gasteiger partial charge in [0.2, 0.25) is 0 Å². The van der Waals surface area contributed by atoms with E-state index < -0.39 is 0 Å². The minimum atomic E-state index is 0.665. The number of rotatable bonds is 6. The third-order valence-corrected chi connectivity index (χ3v) is 9.22. The van der Waals surface area contributed by atoms with Crippen LogP contribution in [0.15, 0.2) is 170 Å². The van der Waals surface area contributed by atoms with Gasteiger partial charge in [0.1, 0.15) is 0 Å². The van der Waals surface area contributed by atoms with Crippen molar-refractivity contribution in [3.05, 3.63) is 176 Å². The zero-order valence-corrected chi connectivity index (χ0v) is 27.9. The molecule has 5 aromatic carbocycles. The standard InChI is InChI=1S/C46H31N5/c1-30-25-40(39-22-20-33-21-23-41(31-11-4-2-5-12-31)49-44(33)45(39)48-30)36-17-8-15-34(26-36)35-16-9-18-37(27-35)46-50-42(32-13-6-3-7-14-32)28-43(51-46)38-19-10-24-47-29-38/h2-29H,1H3. The Morgan fingerprint density at radius 1 is 0.392 bits per heavy atom. The Hall–Kier alpha value is -6.85. The van der Waals surface area contributed by atoms with Gasteiger partial charge in [-0.25, -0.2) is 15.0 Å². The van der Waals surface area contributed by atoms with Crippen molar-refractivity contribution in [2.75, 3.05) is 0 Å². The van der Waals surface area contributed by atoms with E-state index in [0.717, 1.165) is 89.1 Å². The monoisotopic (exact) mass is 653 g/mol. The normalized spacial score (nSPS) is 11.2. The molecule has 51 heavy (non-hydrogen) atoms. The lowest BCUT2D eigenvalue weighted by Crippen LogP contribution is -1.96.